The van der Waals surface area contributed by atoms with E-state index in [-0.39, 0.29) is 20.0 Å². The number of rotatable bonds is 8. The number of ether oxygens (including phenoxy) is 2. The number of nitrogens with one attached hydrogen (secondary N) is 2. The average molecular weight is 525 g/mol. The Hall–Kier alpha value is -4.06. The van der Waals surface area contributed by atoms with Gasteiger partial charge in [-0.05, 0) is 111 Å². The molecule has 2 aliphatic carbocycles. The van der Waals surface area contributed by atoms with Gasteiger partial charge in [0.15, 0.2) is 11.5 Å². The molecule has 0 unspecified atom stereocenters. The summed E-state index contributed by atoms with van der Waals surface area (Å²) in [6, 6.07) is 19.4. The number of fused-ring (bicyclic) bond motifs is 1. The first-order valence-electron chi connectivity index (χ1n) is 13.9. The van der Waals surface area contributed by atoms with E-state index in [1.54, 1.807) is 0 Å². The molecule has 1 heterocycles. The smallest absolute Gasteiger partial charge is 0.251 e. The molecule has 2 N–H and O–H groups in total. The number of amides is 2. The van der Waals surface area contributed by atoms with Gasteiger partial charge in [0.05, 0.1) is 5.41 Å². The first-order chi connectivity index (χ1) is 19.0. The van der Waals surface area contributed by atoms with Crippen LogP contribution in [-0.4, -0.2) is 25.2 Å². The number of allylic oxidation sites excluding steroid dienone is 1. The van der Waals surface area contributed by atoms with Gasteiger partial charge in [0.1, 0.15) is 0 Å². The van der Waals surface area contributed by atoms with E-state index in [0.29, 0.717) is 17.9 Å². The topological polar surface area (TPSA) is 76.7 Å². The Balaban J connectivity index is 0.00000323. The summed E-state index contributed by atoms with van der Waals surface area (Å²) in [5.41, 5.74) is 6.42. The predicted octanol–water partition coefficient (Wildman–Crippen LogP) is 6.93. The first kappa shape index (κ1) is 25.2. The molecule has 6 heteroatoms. The van der Waals surface area contributed by atoms with Crippen LogP contribution >= 0.6 is 0 Å². The summed E-state index contributed by atoms with van der Waals surface area (Å²) in [5, 5.41) is 6.20. The minimum atomic E-state index is -0.533. The van der Waals surface area contributed by atoms with Gasteiger partial charge in [-0.1, -0.05) is 35.9 Å². The Morgan fingerprint density at radius 2 is 1.77 bits per heavy atom. The third kappa shape index (κ3) is 5.29. The van der Waals surface area contributed by atoms with Crippen LogP contribution in [0.5, 0.6) is 11.5 Å². The number of carbonyl (C=O) groups excluding carboxylic acids is 2. The van der Waals surface area contributed by atoms with Crippen molar-refractivity contribution in [3.8, 4) is 22.6 Å². The molecule has 1 saturated carbocycles. The molecule has 6 nitrogen and oxygen atoms in total. The van der Waals surface area contributed by atoms with Crippen LogP contribution in [0.15, 0.2) is 72.3 Å². The fourth-order valence-corrected chi connectivity index (χ4v) is 5.60. The number of hydrogen-bond acceptors (Lipinski definition) is 4. The molecule has 3 aliphatic rings. The Morgan fingerprint density at radius 1 is 0.949 bits per heavy atom. The van der Waals surface area contributed by atoms with Crippen molar-refractivity contribution in [1.29, 1.82) is 0 Å². The molecule has 0 aromatic heterocycles. The summed E-state index contributed by atoms with van der Waals surface area (Å²) in [5.74, 6) is 1.36. The highest BCUT2D eigenvalue weighted by Crippen LogP contribution is 2.51. The van der Waals surface area contributed by atoms with Crippen LogP contribution in [0.3, 0.4) is 0 Å². The van der Waals surface area contributed by atoms with Crippen molar-refractivity contribution in [2.45, 2.75) is 57.3 Å². The summed E-state index contributed by atoms with van der Waals surface area (Å²) in [4.78, 5) is 26.1. The third-order valence-electron chi connectivity index (χ3n) is 8.18. The molecule has 0 bridgehead atoms. The summed E-state index contributed by atoms with van der Waals surface area (Å²) in [6.45, 7) is 2.94. The van der Waals surface area contributed by atoms with Crippen molar-refractivity contribution in [3.63, 3.8) is 0 Å². The second-order valence-corrected chi connectivity index (χ2v) is 10.8. The standard InChI is InChI=1S/C33H34N2O4.H2/c1-22-7-13-27(35-32(37)33(16-17-33)26-12-14-29-30(19-26)39-21-38-29)20-28(22)24-8-10-25(11-9-24)31(36)34-18-15-23-5-3-2-4-6-23;/h5,7-14,19-20H,2-4,6,15-18,21H2,1H3,(H,34,36)(H,35,37);1H. The molecule has 1 fully saturated rings. The quantitative estimate of drug-likeness (QED) is 0.313. The van der Waals surface area contributed by atoms with Gasteiger partial charge in [-0.15, -0.1) is 0 Å². The van der Waals surface area contributed by atoms with E-state index >= 15 is 0 Å². The van der Waals surface area contributed by atoms with Gasteiger partial charge in [0.25, 0.3) is 5.91 Å². The fourth-order valence-electron chi connectivity index (χ4n) is 5.60. The van der Waals surface area contributed by atoms with Crippen molar-refractivity contribution >= 4 is 17.5 Å². The van der Waals surface area contributed by atoms with Crippen LogP contribution in [0.1, 0.15) is 67.9 Å². The van der Waals surface area contributed by atoms with E-state index in [4.69, 9.17) is 9.47 Å². The lowest BCUT2D eigenvalue weighted by Crippen LogP contribution is -2.27. The molecule has 202 valence electrons. The van der Waals surface area contributed by atoms with E-state index in [2.05, 4.69) is 23.6 Å². The zero-order valence-electron chi connectivity index (χ0n) is 22.3. The molecule has 3 aromatic rings. The van der Waals surface area contributed by atoms with Gasteiger partial charge < -0.3 is 20.1 Å². The zero-order valence-corrected chi connectivity index (χ0v) is 22.3. The summed E-state index contributed by atoms with van der Waals surface area (Å²) >= 11 is 0. The minimum absolute atomic E-state index is 0. The minimum Gasteiger partial charge on any atom is -0.454 e. The van der Waals surface area contributed by atoms with Gasteiger partial charge in [-0.25, -0.2) is 0 Å². The zero-order chi connectivity index (χ0) is 26.8. The SMILES string of the molecule is Cc1ccc(NC(=O)C2(c3ccc4c(c3)OCO4)CC2)cc1-c1ccc(C(=O)NCCC2=CCCCC2)cc1.[HH]. The molecular formula is C33H36N2O4. The molecule has 3 aromatic carbocycles. The molecule has 0 spiro atoms. The Labute approximate surface area is 230 Å². The molecule has 0 atom stereocenters. The molecule has 1 aliphatic heterocycles. The summed E-state index contributed by atoms with van der Waals surface area (Å²) < 4.78 is 10.9. The van der Waals surface area contributed by atoms with E-state index in [9.17, 15) is 9.59 Å². The summed E-state index contributed by atoms with van der Waals surface area (Å²) in [6.07, 6.45) is 9.71. The lowest BCUT2D eigenvalue weighted by molar-refractivity contribution is -0.118. The molecule has 0 radical (unpaired) electrons. The highest BCUT2D eigenvalue weighted by Gasteiger charge is 2.51. The number of benzene rings is 3. The van der Waals surface area contributed by atoms with Crippen molar-refractivity contribution < 1.29 is 20.5 Å². The fraction of sp³-hybridized carbons (Fsp3) is 0.333. The van der Waals surface area contributed by atoms with Crippen molar-refractivity contribution in [2.75, 3.05) is 18.7 Å². The van der Waals surface area contributed by atoms with Crippen LogP contribution < -0.4 is 20.1 Å². The van der Waals surface area contributed by atoms with E-state index in [1.165, 1.54) is 18.4 Å². The first-order valence-corrected chi connectivity index (χ1v) is 13.9. The monoisotopic (exact) mass is 524 g/mol. The average Bonchev–Trinajstić information content (AvgIpc) is 3.65. The Kier molecular flexibility index (Phi) is 6.86. The molecule has 6 rings (SSSR count). The molecule has 2 amide bonds. The largest absolute Gasteiger partial charge is 0.454 e. The maximum Gasteiger partial charge on any atom is 0.251 e. The number of carbonyl (C=O) groups is 2. The Bertz CT molecular complexity index is 1440. The molecule has 0 saturated heterocycles. The van der Waals surface area contributed by atoms with Crippen LogP contribution in [0.2, 0.25) is 0 Å². The lowest BCUT2D eigenvalue weighted by Gasteiger charge is -2.17. The second kappa shape index (κ2) is 10.6. The van der Waals surface area contributed by atoms with Gasteiger partial charge >= 0.3 is 0 Å². The second-order valence-electron chi connectivity index (χ2n) is 10.8. The van der Waals surface area contributed by atoms with Crippen LogP contribution in [0, 0.1) is 6.92 Å². The summed E-state index contributed by atoms with van der Waals surface area (Å²) in [7, 11) is 0. The van der Waals surface area contributed by atoms with Crippen LogP contribution in [0.25, 0.3) is 11.1 Å². The van der Waals surface area contributed by atoms with Gasteiger partial charge in [0.2, 0.25) is 12.7 Å². The Morgan fingerprint density at radius 3 is 2.54 bits per heavy atom. The predicted molar refractivity (Wildman–Crippen MR) is 154 cm³/mol. The third-order valence-corrected chi connectivity index (χ3v) is 8.18. The maximum atomic E-state index is 13.4. The number of hydrogen-bond donors (Lipinski definition) is 2. The van der Waals surface area contributed by atoms with Crippen LogP contribution in [-0.2, 0) is 10.2 Å². The number of anilines is 1. The lowest BCUT2D eigenvalue weighted by atomic mass is 9.94. The van der Waals surface area contributed by atoms with E-state index in [0.717, 1.165) is 65.8 Å². The van der Waals surface area contributed by atoms with Gasteiger partial charge in [-0.2, -0.15) is 0 Å². The highest BCUT2D eigenvalue weighted by atomic mass is 16.7. The van der Waals surface area contributed by atoms with Crippen molar-refractivity contribution in [1.82, 2.24) is 5.32 Å². The number of aryl methyl sites for hydroxylation is 1. The van der Waals surface area contributed by atoms with Crippen molar-refractivity contribution in [3.05, 3.63) is 89.0 Å². The van der Waals surface area contributed by atoms with E-state index in [1.807, 2.05) is 60.7 Å². The molecule has 39 heavy (non-hydrogen) atoms. The van der Waals surface area contributed by atoms with Gasteiger partial charge in [-0.3, -0.25) is 9.59 Å². The van der Waals surface area contributed by atoms with Crippen molar-refractivity contribution in [2.24, 2.45) is 0 Å². The van der Waals surface area contributed by atoms with Crippen LogP contribution in [0.4, 0.5) is 5.69 Å². The maximum absolute atomic E-state index is 13.4. The molecular weight excluding hydrogens is 488 g/mol. The van der Waals surface area contributed by atoms with E-state index < -0.39 is 5.41 Å². The highest BCUT2D eigenvalue weighted by molar-refractivity contribution is 6.02. The van der Waals surface area contributed by atoms with Gasteiger partial charge in [0, 0.05) is 19.2 Å². The normalized spacial score (nSPS) is 16.8.